The fourth-order valence-electron chi connectivity index (χ4n) is 1.77. The molecule has 0 aromatic carbocycles. The summed E-state index contributed by atoms with van der Waals surface area (Å²) in [6.07, 6.45) is 4.75. The summed E-state index contributed by atoms with van der Waals surface area (Å²) in [5.41, 5.74) is 0. The van der Waals surface area contributed by atoms with Crippen molar-refractivity contribution in [2.24, 2.45) is 11.8 Å². The van der Waals surface area contributed by atoms with Crippen molar-refractivity contribution in [3.8, 4) is 0 Å². The van der Waals surface area contributed by atoms with Crippen LogP contribution in [0.1, 0.15) is 32.6 Å². The van der Waals surface area contributed by atoms with E-state index in [9.17, 15) is 4.79 Å². The first-order chi connectivity index (χ1) is 5.25. The van der Waals surface area contributed by atoms with Gasteiger partial charge in [0.2, 0.25) is 0 Å². The van der Waals surface area contributed by atoms with Gasteiger partial charge < -0.3 is 0 Å². The molecule has 0 saturated heterocycles. The third-order valence-electron chi connectivity index (χ3n) is 2.56. The van der Waals surface area contributed by atoms with Crippen molar-refractivity contribution in [1.29, 1.82) is 0 Å². The van der Waals surface area contributed by atoms with E-state index < -0.39 is 0 Å². The fourth-order valence-corrected chi connectivity index (χ4v) is 2.61. The van der Waals surface area contributed by atoms with Gasteiger partial charge in [0.25, 0.3) is 0 Å². The summed E-state index contributed by atoms with van der Waals surface area (Å²) in [7, 11) is 0. The van der Waals surface area contributed by atoms with Crippen LogP contribution < -0.4 is 0 Å². The average Bonchev–Trinajstić information content (AvgIpc) is 2.04. The van der Waals surface area contributed by atoms with Gasteiger partial charge in [-0.25, -0.2) is 0 Å². The minimum atomic E-state index is 0.0699. The number of rotatable bonds is 1. The molecule has 0 aromatic heterocycles. The first-order valence-corrected chi connectivity index (χ1v) is 6.46. The van der Waals surface area contributed by atoms with Gasteiger partial charge in [-0.15, -0.1) is 0 Å². The molecule has 1 aliphatic carbocycles. The van der Waals surface area contributed by atoms with Crippen molar-refractivity contribution >= 4 is 5.97 Å². The maximum atomic E-state index is 11.2. The number of hydrogen-bond donors (Lipinski definition) is 0. The average molecular weight is 342 g/mol. The van der Waals surface area contributed by atoms with Gasteiger partial charge >= 0.3 is 84.4 Å². The molecule has 1 fully saturated rings. The Bertz CT molecular complexity index is 147. The second kappa shape index (κ2) is 4.44. The van der Waals surface area contributed by atoms with Gasteiger partial charge in [-0.3, -0.25) is 0 Å². The number of carbonyl (C=O) groups excluding carboxylic acids is 1. The van der Waals surface area contributed by atoms with E-state index in [0.29, 0.717) is 5.92 Å². The molecule has 0 aromatic rings. The molecular formula is C8H13HgO2. The van der Waals surface area contributed by atoms with E-state index in [1.165, 1.54) is 19.3 Å². The molecule has 1 aliphatic rings. The maximum absolute atomic E-state index is 11.2. The Balaban J connectivity index is 2.47. The van der Waals surface area contributed by atoms with Gasteiger partial charge in [0.05, 0.1) is 0 Å². The van der Waals surface area contributed by atoms with Crippen LogP contribution in [0.25, 0.3) is 0 Å². The number of hydrogen-bond acceptors (Lipinski definition) is 2. The van der Waals surface area contributed by atoms with Crippen molar-refractivity contribution in [3.05, 3.63) is 0 Å². The van der Waals surface area contributed by atoms with Crippen LogP contribution >= 0.6 is 0 Å². The standard InChI is InChI=1S/C8H14O2.Hg/c1-6-4-2-3-5-7(6)8(9)10;/h6-7H,2-5H2,1H3,(H,9,10);/q;+1/p-1. The van der Waals surface area contributed by atoms with E-state index in [4.69, 9.17) is 2.64 Å². The third-order valence-corrected chi connectivity index (χ3v) is 3.66. The monoisotopic (exact) mass is 343 g/mol. The van der Waals surface area contributed by atoms with Crippen LogP contribution in [0.3, 0.4) is 0 Å². The predicted octanol–water partition coefficient (Wildman–Crippen LogP) is 1.82. The predicted molar refractivity (Wildman–Crippen MR) is 37.2 cm³/mol. The van der Waals surface area contributed by atoms with Crippen LogP contribution in [0.5, 0.6) is 0 Å². The molecule has 0 aliphatic heterocycles. The van der Waals surface area contributed by atoms with E-state index in [1.54, 1.807) is 0 Å². The Morgan fingerprint density at radius 2 is 2.09 bits per heavy atom. The second-order valence-corrected chi connectivity index (χ2v) is 4.45. The summed E-state index contributed by atoms with van der Waals surface area (Å²) in [6.45, 7) is 2.16. The SMILES string of the molecule is CC1CCCCC1C(=O)[O][Hg]. The summed E-state index contributed by atoms with van der Waals surface area (Å²) >= 11 is 0.177. The van der Waals surface area contributed by atoms with Gasteiger partial charge in [0.15, 0.2) is 0 Å². The van der Waals surface area contributed by atoms with Gasteiger partial charge in [-0.1, -0.05) is 0 Å². The molecule has 3 heteroatoms. The van der Waals surface area contributed by atoms with Crippen molar-refractivity contribution in [2.75, 3.05) is 0 Å². The van der Waals surface area contributed by atoms with Gasteiger partial charge in [-0.05, 0) is 0 Å². The normalized spacial score (nSPS) is 31.5. The van der Waals surface area contributed by atoms with Crippen molar-refractivity contribution < 1.29 is 34.0 Å². The molecule has 1 rings (SSSR count). The minimum absolute atomic E-state index is 0.0699. The summed E-state index contributed by atoms with van der Waals surface area (Å²) in [6, 6.07) is 0. The molecule has 11 heavy (non-hydrogen) atoms. The van der Waals surface area contributed by atoms with Crippen LogP contribution in [-0.4, -0.2) is 5.97 Å². The van der Waals surface area contributed by atoms with E-state index in [2.05, 4.69) is 6.92 Å². The van der Waals surface area contributed by atoms with Crippen LogP contribution in [0.2, 0.25) is 0 Å². The van der Waals surface area contributed by atoms with E-state index in [1.807, 2.05) is 0 Å². The van der Waals surface area contributed by atoms with Crippen molar-refractivity contribution in [1.82, 2.24) is 0 Å². The van der Waals surface area contributed by atoms with Crippen LogP contribution in [0.4, 0.5) is 0 Å². The van der Waals surface area contributed by atoms with Gasteiger partial charge in [0, 0.05) is 0 Å². The summed E-state index contributed by atoms with van der Waals surface area (Å²) in [5.74, 6) is 0.849. The molecule has 0 spiro atoms. The molecular weight excluding hydrogens is 329 g/mol. The summed E-state index contributed by atoms with van der Waals surface area (Å²) in [5, 5.41) is 0. The fraction of sp³-hybridized carbons (Fsp3) is 0.875. The molecule has 0 heterocycles. The summed E-state index contributed by atoms with van der Waals surface area (Å²) in [4.78, 5) is 11.2. The molecule has 0 N–H and O–H groups in total. The van der Waals surface area contributed by atoms with Crippen molar-refractivity contribution in [2.45, 2.75) is 32.6 Å². The van der Waals surface area contributed by atoms with Gasteiger partial charge in [0.1, 0.15) is 0 Å². The second-order valence-electron chi connectivity index (χ2n) is 3.33. The zero-order valence-electron chi connectivity index (χ0n) is 7.01. The Morgan fingerprint density at radius 1 is 1.45 bits per heavy atom. The first kappa shape index (κ1) is 9.49. The molecule has 59 valence electrons. The molecule has 0 radical (unpaired) electrons. The molecule has 1 saturated carbocycles. The molecule has 2 nitrogen and oxygen atoms in total. The van der Waals surface area contributed by atoms with E-state index in [0.717, 1.165) is 6.42 Å². The van der Waals surface area contributed by atoms with Crippen LogP contribution in [-0.2, 0) is 34.0 Å². The zero-order valence-corrected chi connectivity index (χ0v) is 12.5. The molecule has 2 unspecified atom stereocenters. The first-order valence-electron chi connectivity index (χ1n) is 4.21. The zero-order chi connectivity index (χ0) is 8.27. The summed E-state index contributed by atoms with van der Waals surface area (Å²) < 4.78 is 4.92. The molecule has 0 amide bonds. The van der Waals surface area contributed by atoms with Gasteiger partial charge in [-0.2, -0.15) is 0 Å². The molecule has 2 atom stereocenters. The topological polar surface area (TPSA) is 26.3 Å². The Labute approximate surface area is 84.3 Å². The van der Waals surface area contributed by atoms with Crippen LogP contribution in [0.15, 0.2) is 0 Å². The van der Waals surface area contributed by atoms with E-state index >= 15 is 0 Å². The Hall–Kier alpha value is 0.405. The Kier molecular flexibility index (Phi) is 3.83. The van der Waals surface area contributed by atoms with Crippen molar-refractivity contribution in [3.63, 3.8) is 0 Å². The van der Waals surface area contributed by atoms with Crippen LogP contribution in [0, 0.1) is 11.8 Å². The molecule has 0 bridgehead atoms. The van der Waals surface area contributed by atoms with E-state index in [-0.39, 0.29) is 38.5 Å². The Morgan fingerprint density at radius 3 is 2.64 bits per heavy atom. The quantitative estimate of drug-likeness (QED) is 0.680. The number of carbonyl (C=O) groups is 1. The third kappa shape index (κ3) is 2.43.